The molecule has 0 unspecified atom stereocenters. The van der Waals surface area contributed by atoms with Gasteiger partial charge in [0, 0.05) is 0 Å². The monoisotopic (exact) mass is 344 g/mol. The van der Waals surface area contributed by atoms with Crippen molar-refractivity contribution >= 4 is 0 Å². The summed E-state index contributed by atoms with van der Waals surface area (Å²) in [6, 6.07) is 9.01. The molecule has 1 fully saturated rings. The van der Waals surface area contributed by atoms with Gasteiger partial charge in [0.05, 0.1) is 6.61 Å². The van der Waals surface area contributed by atoms with Crippen LogP contribution in [-0.2, 0) is 0 Å². The van der Waals surface area contributed by atoms with E-state index in [2.05, 4.69) is 38.1 Å². The molecule has 0 aliphatic heterocycles. The van der Waals surface area contributed by atoms with Crippen LogP contribution >= 0.6 is 0 Å². The molecule has 0 atom stereocenters. The minimum Gasteiger partial charge on any atom is -0.494 e. The van der Waals surface area contributed by atoms with Gasteiger partial charge in [-0.05, 0) is 61.6 Å². The molecule has 1 heteroatoms. The summed E-state index contributed by atoms with van der Waals surface area (Å²) in [7, 11) is 0. The lowest BCUT2D eigenvalue weighted by molar-refractivity contribution is 0.300. The molecule has 1 nitrogen and oxygen atoms in total. The Bertz CT molecular complexity index is 428. The summed E-state index contributed by atoms with van der Waals surface area (Å²) >= 11 is 0. The van der Waals surface area contributed by atoms with Gasteiger partial charge in [-0.2, -0.15) is 0 Å². The SMILES string of the molecule is CCCCCCCCOc1ccc(C2CCC(CCCC)CC2)cc1. The van der Waals surface area contributed by atoms with Crippen LogP contribution in [0.25, 0.3) is 0 Å². The summed E-state index contributed by atoms with van der Waals surface area (Å²) in [6.07, 6.45) is 17.8. The van der Waals surface area contributed by atoms with Crippen LogP contribution in [0.1, 0.15) is 109 Å². The van der Waals surface area contributed by atoms with Gasteiger partial charge in [0.25, 0.3) is 0 Å². The molecule has 142 valence electrons. The number of unbranched alkanes of at least 4 members (excludes halogenated alkanes) is 6. The Balaban J connectivity index is 1.63. The van der Waals surface area contributed by atoms with Crippen molar-refractivity contribution < 1.29 is 4.74 Å². The largest absolute Gasteiger partial charge is 0.494 e. The van der Waals surface area contributed by atoms with Gasteiger partial charge in [0.1, 0.15) is 5.75 Å². The molecule has 1 saturated carbocycles. The summed E-state index contributed by atoms with van der Waals surface area (Å²) in [6.45, 7) is 5.45. The van der Waals surface area contributed by atoms with Gasteiger partial charge in [-0.15, -0.1) is 0 Å². The van der Waals surface area contributed by atoms with Gasteiger partial charge in [-0.25, -0.2) is 0 Å². The van der Waals surface area contributed by atoms with E-state index in [-0.39, 0.29) is 0 Å². The number of hydrogen-bond donors (Lipinski definition) is 0. The molecule has 1 aromatic carbocycles. The van der Waals surface area contributed by atoms with Gasteiger partial charge >= 0.3 is 0 Å². The summed E-state index contributed by atoms with van der Waals surface area (Å²) in [5.41, 5.74) is 1.53. The molecule has 1 aromatic rings. The van der Waals surface area contributed by atoms with Crippen LogP contribution in [0, 0.1) is 5.92 Å². The summed E-state index contributed by atoms with van der Waals surface area (Å²) < 4.78 is 5.92. The average Bonchev–Trinajstić information content (AvgIpc) is 2.66. The fraction of sp³-hybridized carbons (Fsp3) is 0.750. The van der Waals surface area contributed by atoms with Crippen molar-refractivity contribution in [2.75, 3.05) is 6.61 Å². The molecule has 0 spiro atoms. The first-order chi connectivity index (χ1) is 12.3. The molecule has 0 amide bonds. The lowest BCUT2D eigenvalue weighted by atomic mass is 9.77. The zero-order valence-corrected chi connectivity index (χ0v) is 16.8. The molecule has 2 rings (SSSR count). The Morgan fingerprint density at radius 1 is 0.760 bits per heavy atom. The normalized spacial score (nSPS) is 20.6. The zero-order chi connectivity index (χ0) is 17.7. The van der Waals surface area contributed by atoms with Crippen molar-refractivity contribution in [1.29, 1.82) is 0 Å². The second-order valence-electron chi connectivity index (χ2n) is 8.05. The van der Waals surface area contributed by atoms with Gasteiger partial charge < -0.3 is 4.74 Å². The van der Waals surface area contributed by atoms with Gasteiger partial charge in [-0.3, -0.25) is 0 Å². The van der Waals surface area contributed by atoms with E-state index in [1.165, 1.54) is 89.0 Å². The second-order valence-corrected chi connectivity index (χ2v) is 8.05. The van der Waals surface area contributed by atoms with Crippen LogP contribution in [0.4, 0.5) is 0 Å². The smallest absolute Gasteiger partial charge is 0.119 e. The van der Waals surface area contributed by atoms with E-state index >= 15 is 0 Å². The van der Waals surface area contributed by atoms with E-state index in [0.29, 0.717) is 0 Å². The Morgan fingerprint density at radius 3 is 2.08 bits per heavy atom. The van der Waals surface area contributed by atoms with Gasteiger partial charge in [-0.1, -0.05) is 77.3 Å². The van der Waals surface area contributed by atoms with Crippen molar-refractivity contribution in [2.45, 2.75) is 103 Å². The Morgan fingerprint density at radius 2 is 1.40 bits per heavy atom. The third-order valence-corrected chi connectivity index (χ3v) is 5.93. The highest BCUT2D eigenvalue weighted by Gasteiger charge is 2.21. The van der Waals surface area contributed by atoms with Crippen LogP contribution in [-0.4, -0.2) is 6.61 Å². The molecule has 1 aliphatic carbocycles. The maximum absolute atomic E-state index is 5.92. The molecule has 0 saturated heterocycles. The lowest BCUT2D eigenvalue weighted by Gasteiger charge is -2.28. The number of rotatable bonds is 12. The Labute approximate surface area is 156 Å². The highest BCUT2D eigenvalue weighted by molar-refractivity contribution is 5.29. The summed E-state index contributed by atoms with van der Waals surface area (Å²) in [4.78, 5) is 0. The van der Waals surface area contributed by atoms with Gasteiger partial charge in [0.2, 0.25) is 0 Å². The first-order valence-corrected chi connectivity index (χ1v) is 11.1. The van der Waals surface area contributed by atoms with Crippen LogP contribution in [0.2, 0.25) is 0 Å². The Hall–Kier alpha value is -0.980. The van der Waals surface area contributed by atoms with E-state index in [1.54, 1.807) is 0 Å². The first kappa shape index (κ1) is 20.3. The fourth-order valence-corrected chi connectivity index (χ4v) is 4.19. The average molecular weight is 345 g/mol. The third kappa shape index (κ3) is 7.84. The number of hydrogen-bond acceptors (Lipinski definition) is 1. The van der Waals surface area contributed by atoms with Crippen LogP contribution in [0.3, 0.4) is 0 Å². The standard InChI is InChI=1S/C24H40O/c1-3-5-7-8-9-10-20-25-24-18-16-23(17-19-24)22-14-12-21(13-15-22)11-6-4-2/h16-19,21-22H,3-15,20H2,1-2H3. The minimum atomic E-state index is 0.783. The van der Waals surface area contributed by atoms with E-state index < -0.39 is 0 Å². The highest BCUT2D eigenvalue weighted by Crippen LogP contribution is 2.38. The third-order valence-electron chi connectivity index (χ3n) is 5.93. The van der Waals surface area contributed by atoms with E-state index in [0.717, 1.165) is 24.2 Å². The first-order valence-electron chi connectivity index (χ1n) is 11.1. The van der Waals surface area contributed by atoms with E-state index in [4.69, 9.17) is 4.74 Å². The van der Waals surface area contributed by atoms with Crippen molar-refractivity contribution in [3.05, 3.63) is 29.8 Å². The molecule has 0 heterocycles. The van der Waals surface area contributed by atoms with E-state index in [1.807, 2.05) is 0 Å². The van der Waals surface area contributed by atoms with E-state index in [9.17, 15) is 0 Å². The molecule has 25 heavy (non-hydrogen) atoms. The number of benzene rings is 1. The summed E-state index contributed by atoms with van der Waals surface area (Å²) in [5.74, 6) is 2.83. The highest BCUT2D eigenvalue weighted by atomic mass is 16.5. The molecule has 0 N–H and O–H groups in total. The quantitative estimate of drug-likeness (QED) is 0.350. The van der Waals surface area contributed by atoms with Crippen molar-refractivity contribution in [2.24, 2.45) is 5.92 Å². The molecule has 0 radical (unpaired) electrons. The maximum atomic E-state index is 5.92. The van der Waals surface area contributed by atoms with Crippen molar-refractivity contribution in [1.82, 2.24) is 0 Å². The predicted octanol–water partition coefficient (Wildman–Crippen LogP) is 7.89. The topological polar surface area (TPSA) is 9.23 Å². The fourth-order valence-electron chi connectivity index (χ4n) is 4.19. The van der Waals surface area contributed by atoms with Crippen LogP contribution < -0.4 is 4.74 Å². The second kappa shape index (κ2) is 12.4. The molecule has 0 bridgehead atoms. The van der Waals surface area contributed by atoms with Crippen LogP contribution in [0.15, 0.2) is 24.3 Å². The molecular formula is C24H40O. The number of ether oxygens (including phenoxy) is 1. The Kier molecular flexibility index (Phi) is 10.1. The molecular weight excluding hydrogens is 304 g/mol. The molecule has 1 aliphatic rings. The van der Waals surface area contributed by atoms with Crippen molar-refractivity contribution in [3.63, 3.8) is 0 Å². The summed E-state index contributed by atoms with van der Waals surface area (Å²) in [5, 5.41) is 0. The molecule has 0 aromatic heterocycles. The van der Waals surface area contributed by atoms with Crippen molar-refractivity contribution in [3.8, 4) is 5.75 Å². The van der Waals surface area contributed by atoms with Gasteiger partial charge in [0.15, 0.2) is 0 Å². The maximum Gasteiger partial charge on any atom is 0.119 e. The lowest BCUT2D eigenvalue weighted by Crippen LogP contribution is -2.13. The van der Waals surface area contributed by atoms with Crippen LogP contribution in [0.5, 0.6) is 5.75 Å². The minimum absolute atomic E-state index is 0.783. The zero-order valence-electron chi connectivity index (χ0n) is 16.8. The predicted molar refractivity (Wildman–Crippen MR) is 110 cm³/mol.